The zero-order chi connectivity index (χ0) is 22.6. The van der Waals surface area contributed by atoms with E-state index in [9.17, 15) is 18.0 Å². The second-order valence-corrected chi connectivity index (χ2v) is 11.8. The number of urea groups is 1. The molecular formula is C21H33N5O4S. The third kappa shape index (κ3) is 3.88. The predicted molar refractivity (Wildman–Crippen MR) is 116 cm³/mol. The number of aromatic nitrogens is 2. The lowest BCUT2D eigenvalue weighted by Crippen LogP contribution is -2.54. The zero-order valence-corrected chi connectivity index (χ0v) is 19.7. The maximum Gasteiger partial charge on any atom is 0.326 e. The number of sulfone groups is 1. The van der Waals surface area contributed by atoms with E-state index < -0.39 is 15.4 Å². The van der Waals surface area contributed by atoms with Crippen LogP contribution in [0, 0.1) is 19.8 Å². The summed E-state index contributed by atoms with van der Waals surface area (Å²) in [7, 11) is -1.11. The number of nitrogens with zero attached hydrogens (tertiary/aromatic N) is 4. The third-order valence-corrected chi connectivity index (χ3v) is 9.09. The Kier molecular flexibility index (Phi) is 5.66. The molecule has 3 aliphatic rings. The first-order chi connectivity index (χ1) is 14.5. The molecule has 0 aromatic carbocycles. The number of imide groups is 1. The fourth-order valence-corrected chi connectivity index (χ4v) is 7.13. The van der Waals surface area contributed by atoms with Gasteiger partial charge in [0.05, 0.1) is 29.9 Å². The molecule has 0 bridgehead atoms. The van der Waals surface area contributed by atoms with Gasteiger partial charge in [-0.25, -0.2) is 18.1 Å². The van der Waals surface area contributed by atoms with Crippen molar-refractivity contribution in [3.8, 4) is 0 Å². The number of aryl methyl sites for hydroxylation is 1. The van der Waals surface area contributed by atoms with Crippen molar-refractivity contribution in [1.82, 2.24) is 24.9 Å². The lowest BCUT2D eigenvalue weighted by Gasteiger charge is -2.37. The summed E-state index contributed by atoms with van der Waals surface area (Å²) < 4.78 is 25.6. The molecule has 3 fully saturated rings. The lowest BCUT2D eigenvalue weighted by atomic mass is 9.73. The van der Waals surface area contributed by atoms with Crippen LogP contribution >= 0.6 is 0 Å². The monoisotopic (exact) mass is 451 g/mol. The molecule has 3 atom stereocenters. The van der Waals surface area contributed by atoms with Gasteiger partial charge in [0.15, 0.2) is 9.84 Å². The average Bonchev–Trinajstić information content (AvgIpc) is 3.27. The molecule has 2 aliphatic heterocycles. The van der Waals surface area contributed by atoms with Crippen LogP contribution in [0.1, 0.15) is 62.0 Å². The van der Waals surface area contributed by atoms with Crippen LogP contribution in [0.25, 0.3) is 0 Å². The van der Waals surface area contributed by atoms with Crippen molar-refractivity contribution in [2.45, 2.75) is 71.0 Å². The van der Waals surface area contributed by atoms with Gasteiger partial charge < -0.3 is 5.32 Å². The van der Waals surface area contributed by atoms with Gasteiger partial charge in [-0.05, 0) is 46.1 Å². The topological polar surface area (TPSA) is 105 Å². The molecule has 0 radical (unpaired) electrons. The highest BCUT2D eigenvalue weighted by molar-refractivity contribution is 7.91. The van der Waals surface area contributed by atoms with E-state index in [1.165, 1.54) is 4.90 Å². The molecule has 3 amide bonds. The van der Waals surface area contributed by atoms with E-state index in [2.05, 4.69) is 17.3 Å². The Hall–Kier alpha value is -1.94. The molecule has 172 valence electrons. The minimum Gasteiger partial charge on any atom is -0.323 e. The minimum absolute atomic E-state index is 0.114. The molecule has 1 aromatic heterocycles. The first kappa shape index (κ1) is 22.3. The molecule has 10 heteroatoms. The first-order valence-electron chi connectivity index (χ1n) is 11.1. The number of carbonyl (C=O) groups excluding carboxylic acids is 2. The first-order valence-corrected chi connectivity index (χ1v) is 12.9. The van der Waals surface area contributed by atoms with Crippen molar-refractivity contribution >= 4 is 21.8 Å². The largest absolute Gasteiger partial charge is 0.326 e. The minimum atomic E-state index is -2.99. The van der Waals surface area contributed by atoms with E-state index in [1.807, 2.05) is 30.5 Å². The highest BCUT2D eigenvalue weighted by Gasteiger charge is 2.54. The normalized spacial score (nSPS) is 30.5. The van der Waals surface area contributed by atoms with Gasteiger partial charge in [0.2, 0.25) is 0 Å². The van der Waals surface area contributed by atoms with Crippen LogP contribution in [-0.4, -0.2) is 70.7 Å². The Bertz CT molecular complexity index is 1000. The van der Waals surface area contributed by atoms with Gasteiger partial charge in [0.25, 0.3) is 5.91 Å². The summed E-state index contributed by atoms with van der Waals surface area (Å²) in [6.07, 6.45) is 4.28. The highest BCUT2D eigenvalue weighted by atomic mass is 32.2. The molecule has 2 saturated heterocycles. The molecular weight excluding hydrogens is 418 g/mol. The Labute approximate surface area is 184 Å². The summed E-state index contributed by atoms with van der Waals surface area (Å²) in [5.74, 6) is 0.361. The van der Waals surface area contributed by atoms with E-state index in [1.54, 1.807) is 0 Å². The number of hydrogen-bond acceptors (Lipinski definition) is 6. The molecule has 3 heterocycles. The summed E-state index contributed by atoms with van der Waals surface area (Å²) in [6, 6.07) is -0.438. The average molecular weight is 452 g/mol. The van der Waals surface area contributed by atoms with Gasteiger partial charge in [-0.3, -0.25) is 14.4 Å². The maximum atomic E-state index is 13.2. The third-order valence-electron chi connectivity index (χ3n) is 7.34. The zero-order valence-electron chi connectivity index (χ0n) is 18.8. The molecule has 4 rings (SSSR count). The van der Waals surface area contributed by atoms with E-state index >= 15 is 0 Å². The molecule has 1 aromatic rings. The molecule has 1 N–H and O–H groups in total. The lowest BCUT2D eigenvalue weighted by molar-refractivity contribution is -0.135. The fraction of sp³-hybridized carbons (Fsp3) is 0.762. The van der Waals surface area contributed by atoms with Crippen molar-refractivity contribution in [2.24, 2.45) is 5.92 Å². The van der Waals surface area contributed by atoms with Crippen molar-refractivity contribution in [3.63, 3.8) is 0 Å². The van der Waals surface area contributed by atoms with Gasteiger partial charge >= 0.3 is 6.03 Å². The van der Waals surface area contributed by atoms with E-state index in [0.29, 0.717) is 19.4 Å². The van der Waals surface area contributed by atoms with E-state index in [0.717, 1.165) is 36.2 Å². The summed E-state index contributed by atoms with van der Waals surface area (Å²) in [4.78, 5) is 29.1. The smallest absolute Gasteiger partial charge is 0.323 e. The summed E-state index contributed by atoms with van der Waals surface area (Å²) in [5.41, 5.74) is 2.06. The number of hydrogen-bond donors (Lipinski definition) is 1. The van der Waals surface area contributed by atoms with Crippen molar-refractivity contribution in [3.05, 3.63) is 17.0 Å². The van der Waals surface area contributed by atoms with Crippen LogP contribution in [-0.2, 0) is 21.2 Å². The maximum absolute atomic E-state index is 13.2. The molecule has 0 unspecified atom stereocenters. The molecule has 1 saturated carbocycles. The van der Waals surface area contributed by atoms with Gasteiger partial charge in [0.1, 0.15) is 5.54 Å². The van der Waals surface area contributed by atoms with Crippen molar-refractivity contribution in [1.29, 1.82) is 0 Å². The van der Waals surface area contributed by atoms with Gasteiger partial charge in [-0.2, -0.15) is 5.10 Å². The van der Waals surface area contributed by atoms with Crippen LogP contribution < -0.4 is 5.32 Å². The second kappa shape index (κ2) is 7.88. The summed E-state index contributed by atoms with van der Waals surface area (Å²) >= 11 is 0. The molecule has 1 aliphatic carbocycles. The van der Waals surface area contributed by atoms with Gasteiger partial charge in [-0.15, -0.1) is 0 Å². The number of amides is 3. The molecule has 31 heavy (non-hydrogen) atoms. The highest BCUT2D eigenvalue weighted by Crippen LogP contribution is 2.38. The van der Waals surface area contributed by atoms with Crippen molar-refractivity contribution in [2.75, 3.05) is 25.2 Å². The van der Waals surface area contributed by atoms with Crippen molar-refractivity contribution < 1.29 is 18.0 Å². The van der Waals surface area contributed by atoms with E-state index in [-0.39, 0.29) is 42.1 Å². The van der Waals surface area contributed by atoms with Gasteiger partial charge in [-0.1, -0.05) is 19.8 Å². The van der Waals surface area contributed by atoms with Crippen LogP contribution in [0.15, 0.2) is 0 Å². The molecule has 1 spiro atoms. The summed E-state index contributed by atoms with van der Waals surface area (Å²) in [5, 5.41) is 7.61. The number of nitrogens with one attached hydrogen (secondary N) is 1. The van der Waals surface area contributed by atoms with Crippen LogP contribution in [0.4, 0.5) is 4.79 Å². The Morgan fingerprint density at radius 3 is 2.61 bits per heavy atom. The predicted octanol–water partition coefficient (Wildman–Crippen LogP) is 1.75. The van der Waals surface area contributed by atoms with Crippen LogP contribution in [0.5, 0.6) is 0 Å². The van der Waals surface area contributed by atoms with Crippen LogP contribution in [0.3, 0.4) is 0 Å². The van der Waals surface area contributed by atoms with Crippen LogP contribution in [0.2, 0.25) is 0 Å². The quantitative estimate of drug-likeness (QED) is 0.684. The Morgan fingerprint density at radius 1 is 1.23 bits per heavy atom. The Morgan fingerprint density at radius 2 is 1.97 bits per heavy atom. The summed E-state index contributed by atoms with van der Waals surface area (Å²) in [6.45, 7) is 6.66. The second-order valence-electron chi connectivity index (χ2n) is 9.59. The van der Waals surface area contributed by atoms with Gasteiger partial charge in [0, 0.05) is 17.8 Å². The number of carbonyl (C=O) groups is 2. The van der Waals surface area contributed by atoms with E-state index in [4.69, 9.17) is 0 Å². The Balaban J connectivity index is 1.46. The molecule has 9 nitrogen and oxygen atoms in total. The number of rotatable bonds is 5. The fourth-order valence-electron chi connectivity index (χ4n) is 5.43. The SMILES string of the molecule is Cc1nn([C@@H]2CCS(=O)(=O)C2)c(C)c1CN(C)CN1C(=O)N[C@]2(CCCC[C@@H]2C)C1=O. The standard InChI is InChI=1S/C21H33N5O4S/c1-14-7-5-6-9-21(14)19(27)25(20(28)22-21)13-24(4)11-18-15(2)23-26(16(18)3)17-8-10-31(29,30)12-17/h14,17H,5-13H2,1-4H3,(H,22,28)/t14-,17+,21-/m0/s1.